The van der Waals surface area contributed by atoms with Crippen molar-refractivity contribution in [3.63, 3.8) is 0 Å². The van der Waals surface area contributed by atoms with Gasteiger partial charge >= 0.3 is 0 Å². The molecule has 0 aliphatic rings. The van der Waals surface area contributed by atoms with E-state index >= 15 is 0 Å². The van der Waals surface area contributed by atoms with E-state index in [0.29, 0.717) is 0 Å². The first-order valence-electron chi connectivity index (χ1n) is 7.63. The maximum absolute atomic E-state index is 3.89. The number of benzene rings is 3. The van der Waals surface area contributed by atoms with Gasteiger partial charge in [-0.05, 0) is 11.6 Å². The second-order valence-corrected chi connectivity index (χ2v) is 5.22. The van der Waals surface area contributed by atoms with Gasteiger partial charge in [0.2, 0.25) is 0 Å². The molecule has 0 radical (unpaired) electrons. The Kier molecular flexibility index (Phi) is 4.39. The maximum Gasteiger partial charge on any atom is 0.0544 e. The largest absolute Gasteiger partial charge is 0.354 e. The quantitative estimate of drug-likeness (QED) is 0.447. The van der Waals surface area contributed by atoms with E-state index in [9.17, 15) is 0 Å². The third kappa shape index (κ3) is 2.95. The molecule has 1 heteroatoms. The van der Waals surface area contributed by atoms with Gasteiger partial charge < -0.3 is 4.98 Å². The molecule has 112 valence electrons. The number of H-pyrrole nitrogens is 1. The van der Waals surface area contributed by atoms with Crippen molar-refractivity contribution in [2.45, 2.75) is 0 Å². The average Bonchev–Trinajstić information content (AvgIpc) is 3.01. The molecule has 4 aromatic rings. The van der Waals surface area contributed by atoms with E-state index in [1.165, 1.54) is 10.8 Å². The van der Waals surface area contributed by atoms with Crippen molar-refractivity contribution in [3.05, 3.63) is 97.1 Å². The van der Waals surface area contributed by atoms with Crippen LogP contribution in [0.25, 0.3) is 34.0 Å². The lowest BCUT2D eigenvalue weighted by Crippen LogP contribution is -1.82. The van der Waals surface area contributed by atoms with Crippen LogP contribution in [0, 0.1) is 0 Å². The van der Waals surface area contributed by atoms with Gasteiger partial charge in [0.1, 0.15) is 0 Å². The van der Waals surface area contributed by atoms with Gasteiger partial charge in [-0.15, -0.1) is 0 Å². The van der Waals surface area contributed by atoms with Gasteiger partial charge in [0, 0.05) is 21.9 Å². The summed E-state index contributed by atoms with van der Waals surface area (Å²) in [6.45, 7) is 7.73. The number of para-hydroxylation sites is 1. The topological polar surface area (TPSA) is 15.8 Å². The minimum Gasteiger partial charge on any atom is -0.354 e. The summed E-state index contributed by atoms with van der Waals surface area (Å²) in [6.07, 6.45) is 3.75. The number of hydrogen-bond donors (Lipinski definition) is 1. The fraction of sp³-hybridized carbons (Fsp3) is 0. The van der Waals surface area contributed by atoms with E-state index in [2.05, 4.69) is 48.5 Å². The van der Waals surface area contributed by atoms with Crippen molar-refractivity contribution in [3.8, 4) is 0 Å². The summed E-state index contributed by atoms with van der Waals surface area (Å²) < 4.78 is 0. The van der Waals surface area contributed by atoms with Gasteiger partial charge in [0.05, 0.1) is 5.52 Å². The second kappa shape index (κ2) is 6.80. The number of hydrogen-bond acceptors (Lipinski definition) is 0. The Morgan fingerprint density at radius 3 is 1.91 bits per heavy atom. The van der Waals surface area contributed by atoms with E-state index in [0.717, 1.165) is 22.2 Å². The van der Waals surface area contributed by atoms with E-state index in [1.807, 2.05) is 54.6 Å². The lowest BCUT2D eigenvalue weighted by Gasteiger charge is -2.02. The lowest BCUT2D eigenvalue weighted by atomic mass is 10.0. The summed E-state index contributed by atoms with van der Waals surface area (Å²) in [5.41, 5.74) is 4.53. The van der Waals surface area contributed by atoms with E-state index < -0.39 is 0 Å². The minimum absolute atomic E-state index is 1.11. The van der Waals surface area contributed by atoms with Crippen molar-refractivity contribution >= 4 is 34.0 Å². The van der Waals surface area contributed by atoms with Gasteiger partial charge in [0.25, 0.3) is 0 Å². The molecule has 4 rings (SSSR count). The van der Waals surface area contributed by atoms with Crippen LogP contribution in [0.3, 0.4) is 0 Å². The Balaban J connectivity index is 0.000000220. The highest BCUT2D eigenvalue weighted by Gasteiger charge is 2.08. The number of fused-ring (bicyclic) bond motifs is 3. The van der Waals surface area contributed by atoms with Crippen molar-refractivity contribution in [2.75, 3.05) is 0 Å². The molecule has 0 fully saturated rings. The van der Waals surface area contributed by atoms with E-state index in [1.54, 1.807) is 0 Å². The van der Waals surface area contributed by atoms with Crippen LogP contribution in [-0.4, -0.2) is 4.98 Å². The summed E-state index contributed by atoms with van der Waals surface area (Å²) in [5.74, 6) is 0. The maximum atomic E-state index is 3.89. The summed E-state index contributed by atoms with van der Waals surface area (Å²) in [6, 6.07) is 24.6. The van der Waals surface area contributed by atoms with Crippen LogP contribution in [0.15, 0.2) is 86.0 Å². The van der Waals surface area contributed by atoms with Crippen LogP contribution < -0.4 is 0 Å². The first-order valence-corrected chi connectivity index (χ1v) is 7.63. The molecule has 0 saturated carbocycles. The molecule has 0 bridgehead atoms. The SMILES string of the molecule is C=Cc1ccc2c([nH]c3ccccc32)c1C=C.c1ccccc1. The molecule has 1 heterocycles. The van der Waals surface area contributed by atoms with Gasteiger partial charge in [-0.25, -0.2) is 0 Å². The first-order chi connectivity index (χ1) is 11.3. The molecule has 1 aromatic heterocycles. The molecule has 23 heavy (non-hydrogen) atoms. The van der Waals surface area contributed by atoms with E-state index in [-0.39, 0.29) is 0 Å². The number of aromatic nitrogens is 1. The lowest BCUT2D eigenvalue weighted by molar-refractivity contribution is 1.52. The molecule has 0 aliphatic carbocycles. The predicted molar refractivity (Wildman–Crippen MR) is 102 cm³/mol. The first kappa shape index (κ1) is 14.9. The normalized spacial score (nSPS) is 10.1. The zero-order valence-corrected chi connectivity index (χ0v) is 13.0. The zero-order valence-electron chi connectivity index (χ0n) is 13.0. The minimum atomic E-state index is 1.11. The highest BCUT2D eigenvalue weighted by molar-refractivity contribution is 6.10. The Morgan fingerprint density at radius 1 is 0.652 bits per heavy atom. The zero-order chi connectivity index (χ0) is 16.1. The predicted octanol–water partition coefficient (Wildman–Crippen LogP) is 6.29. The highest BCUT2D eigenvalue weighted by Crippen LogP contribution is 2.30. The molecule has 0 aliphatic heterocycles. The van der Waals surface area contributed by atoms with Crippen LogP contribution in [0.5, 0.6) is 0 Å². The summed E-state index contributed by atoms with van der Waals surface area (Å²) >= 11 is 0. The third-order valence-corrected chi connectivity index (χ3v) is 3.85. The van der Waals surface area contributed by atoms with Crippen molar-refractivity contribution in [2.24, 2.45) is 0 Å². The molecule has 0 unspecified atom stereocenters. The second-order valence-electron chi connectivity index (χ2n) is 5.22. The smallest absolute Gasteiger partial charge is 0.0544 e. The molecular weight excluding hydrogens is 278 g/mol. The Hall–Kier alpha value is -3.06. The van der Waals surface area contributed by atoms with Crippen LogP contribution in [0.2, 0.25) is 0 Å². The molecular formula is C22H19N. The molecule has 0 saturated heterocycles. The van der Waals surface area contributed by atoms with Crippen LogP contribution in [0.1, 0.15) is 11.1 Å². The van der Waals surface area contributed by atoms with Crippen LogP contribution in [0.4, 0.5) is 0 Å². The third-order valence-electron chi connectivity index (χ3n) is 3.85. The average molecular weight is 297 g/mol. The van der Waals surface area contributed by atoms with Gasteiger partial charge in [-0.1, -0.05) is 92.0 Å². The fourth-order valence-electron chi connectivity index (χ4n) is 2.74. The van der Waals surface area contributed by atoms with Crippen LogP contribution >= 0.6 is 0 Å². The number of nitrogens with one attached hydrogen (secondary N) is 1. The number of rotatable bonds is 2. The fourth-order valence-corrected chi connectivity index (χ4v) is 2.74. The highest BCUT2D eigenvalue weighted by atomic mass is 14.7. The molecule has 3 aromatic carbocycles. The Morgan fingerprint density at radius 2 is 1.30 bits per heavy atom. The van der Waals surface area contributed by atoms with Gasteiger partial charge in [0.15, 0.2) is 0 Å². The summed E-state index contributed by atoms with van der Waals surface area (Å²) in [4.78, 5) is 3.45. The van der Waals surface area contributed by atoms with Crippen molar-refractivity contribution in [1.29, 1.82) is 0 Å². The van der Waals surface area contributed by atoms with Crippen LogP contribution in [-0.2, 0) is 0 Å². The van der Waals surface area contributed by atoms with Crippen molar-refractivity contribution < 1.29 is 0 Å². The molecule has 0 amide bonds. The van der Waals surface area contributed by atoms with Gasteiger partial charge in [-0.2, -0.15) is 0 Å². The van der Waals surface area contributed by atoms with Gasteiger partial charge in [-0.3, -0.25) is 0 Å². The Bertz CT molecular complexity index is 919. The van der Waals surface area contributed by atoms with Crippen molar-refractivity contribution in [1.82, 2.24) is 4.98 Å². The molecule has 1 nitrogen and oxygen atoms in total. The van der Waals surface area contributed by atoms with E-state index in [4.69, 9.17) is 0 Å². The summed E-state index contributed by atoms with van der Waals surface area (Å²) in [7, 11) is 0. The number of aromatic amines is 1. The standard InChI is InChI=1S/C16H13N.C6H6/c1-3-11-9-10-14-13-7-5-6-8-15(13)17-16(14)12(11)4-2;1-2-4-6-5-3-1/h3-10,17H,1-2H2;1-6H. The monoisotopic (exact) mass is 297 g/mol. The Labute approximate surface area is 136 Å². The molecule has 1 N–H and O–H groups in total. The molecule has 0 spiro atoms. The molecule has 0 atom stereocenters. The summed E-state index contributed by atoms with van der Waals surface area (Å²) in [5, 5.41) is 2.49.